The minimum absolute atomic E-state index is 0.534. The van der Waals surface area contributed by atoms with E-state index in [0.717, 1.165) is 23.2 Å². The Morgan fingerprint density at radius 3 is 2.71 bits per heavy atom. The number of nitrogens with one attached hydrogen (secondary N) is 1. The van der Waals surface area contributed by atoms with Crippen molar-refractivity contribution in [3.8, 4) is 0 Å². The molecule has 1 N–H and O–H groups in total. The van der Waals surface area contributed by atoms with Crippen molar-refractivity contribution in [1.29, 1.82) is 0 Å². The maximum Gasteiger partial charge on any atom is 0.0931 e. The fraction of sp³-hybridized carbons (Fsp3) is 0.714. The van der Waals surface area contributed by atoms with Gasteiger partial charge in [0.2, 0.25) is 0 Å². The fourth-order valence-electron chi connectivity index (χ4n) is 2.56. The highest BCUT2D eigenvalue weighted by atomic mass is 35.5. The van der Waals surface area contributed by atoms with Crippen molar-refractivity contribution in [3.05, 3.63) is 21.3 Å². The first-order valence-electron chi connectivity index (χ1n) is 6.50. The summed E-state index contributed by atoms with van der Waals surface area (Å²) in [7, 11) is 0. The van der Waals surface area contributed by atoms with Gasteiger partial charge in [0.15, 0.2) is 0 Å². The zero-order valence-corrected chi connectivity index (χ0v) is 12.5. The van der Waals surface area contributed by atoms with Crippen molar-refractivity contribution >= 4 is 22.9 Å². The van der Waals surface area contributed by atoms with Gasteiger partial charge in [-0.3, -0.25) is 0 Å². The third-order valence-electron chi connectivity index (χ3n) is 3.78. The summed E-state index contributed by atoms with van der Waals surface area (Å²) in [5, 5.41) is 3.71. The van der Waals surface area contributed by atoms with Crippen LogP contribution in [0.1, 0.15) is 38.5 Å². The van der Waals surface area contributed by atoms with E-state index in [1.165, 1.54) is 17.7 Å². The van der Waals surface area contributed by atoms with Crippen molar-refractivity contribution in [3.63, 3.8) is 0 Å². The zero-order chi connectivity index (χ0) is 12.5. The van der Waals surface area contributed by atoms with Gasteiger partial charge in [-0.25, -0.2) is 0 Å². The molecule has 0 amide bonds. The van der Waals surface area contributed by atoms with Gasteiger partial charge >= 0.3 is 0 Å². The van der Waals surface area contributed by atoms with Crippen LogP contribution >= 0.6 is 22.9 Å². The lowest BCUT2D eigenvalue weighted by atomic mass is 10.0. The van der Waals surface area contributed by atoms with Gasteiger partial charge < -0.3 is 5.32 Å². The van der Waals surface area contributed by atoms with Crippen molar-refractivity contribution in [2.75, 3.05) is 6.54 Å². The van der Waals surface area contributed by atoms with Crippen LogP contribution < -0.4 is 5.32 Å². The molecule has 0 spiro atoms. The minimum Gasteiger partial charge on any atom is -0.313 e. The highest BCUT2D eigenvalue weighted by Crippen LogP contribution is 2.54. The van der Waals surface area contributed by atoms with Gasteiger partial charge in [-0.05, 0) is 49.3 Å². The molecule has 1 heterocycles. The Morgan fingerprint density at radius 1 is 1.53 bits per heavy atom. The smallest absolute Gasteiger partial charge is 0.0931 e. The molecule has 1 aromatic heterocycles. The second-order valence-corrected chi connectivity index (χ2v) is 7.57. The molecule has 2 rings (SSSR count). The van der Waals surface area contributed by atoms with Gasteiger partial charge in [-0.15, -0.1) is 11.3 Å². The van der Waals surface area contributed by atoms with Crippen LogP contribution in [-0.2, 0) is 6.42 Å². The highest BCUT2D eigenvalue weighted by molar-refractivity contribution is 7.16. The molecule has 1 saturated carbocycles. The molecule has 0 aromatic carbocycles. The van der Waals surface area contributed by atoms with Crippen molar-refractivity contribution in [2.45, 2.75) is 46.1 Å². The Balaban J connectivity index is 1.96. The van der Waals surface area contributed by atoms with Gasteiger partial charge in [0.25, 0.3) is 0 Å². The van der Waals surface area contributed by atoms with Gasteiger partial charge in [-0.1, -0.05) is 32.4 Å². The van der Waals surface area contributed by atoms with Gasteiger partial charge in [-0.2, -0.15) is 0 Å². The van der Waals surface area contributed by atoms with E-state index >= 15 is 0 Å². The van der Waals surface area contributed by atoms with E-state index in [1.807, 2.05) is 6.07 Å². The van der Waals surface area contributed by atoms with E-state index in [2.05, 4.69) is 32.2 Å². The molecule has 3 heteroatoms. The van der Waals surface area contributed by atoms with Crippen molar-refractivity contribution in [2.24, 2.45) is 11.3 Å². The summed E-state index contributed by atoms with van der Waals surface area (Å²) in [5.74, 6) is 0.829. The number of hydrogen-bond acceptors (Lipinski definition) is 2. The summed E-state index contributed by atoms with van der Waals surface area (Å²) in [4.78, 5) is 1.41. The Bertz CT molecular complexity index is 372. The number of hydrogen-bond donors (Lipinski definition) is 1. The molecule has 1 aliphatic rings. The Hall–Kier alpha value is -0.0500. The van der Waals surface area contributed by atoms with Crippen molar-refractivity contribution < 1.29 is 0 Å². The summed E-state index contributed by atoms with van der Waals surface area (Å²) >= 11 is 7.72. The van der Waals surface area contributed by atoms with Gasteiger partial charge in [0.1, 0.15) is 0 Å². The Morgan fingerprint density at radius 2 is 2.24 bits per heavy atom. The summed E-state index contributed by atoms with van der Waals surface area (Å²) < 4.78 is 0.907. The van der Waals surface area contributed by atoms with Crippen LogP contribution in [0.15, 0.2) is 12.1 Å². The Labute approximate surface area is 114 Å². The first-order chi connectivity index (χ1) is 8.03. The average molecular weight is 272 g/mol. The van der Waals surface area contributed by atoms with Crippen LogP contribution in [-0.4, -0.2) is 12.6 Å². The minimum atomic E-state index is 0.534. The van der Waals surface area contributed by atoms with Crippen LogP contribution in [0, 0.1) is 11.3 Å². The molecular weight excluding hydrogens is 250 g/mol. The van der Waals surface area contributed by atoms with Crippen LogP contribution in [0.4, 0.5) is 0 Å². The van der Waals surface area contributed by atoms with E-state index in [4.69, 9.17) is 11.6 Å². The Kier molecular flexibility index (Phi) is 4.17. The summed E-state index contributed by atoms with van der Waals surface area (Å²) in [6.07, 6.45) is 3.69. The number of thiophene rings is 1. The molecule has 1 nitrogen and oxygen atoms in total. The topological polar surface area (TPSA) is 12.0 Å². The maximum absolute atomic E-state index is 6.00. The molecular formula is C14H22ClNS. The third kappa shape index (κ3) is 3.46. The molecule has 17 heavy (non-hydrogen) atoms. The highest BCUT2D eigenvalue weighted by Gasteiger charge is 2.49. The molecule has 0 aliphatic heterocycles. The summed E-state index contributed by atoms with van der Waals surface area (Å²) in [6, 6.07) is 4.80. The van der Waals surface area contributed by atoms with Gasteiger partial charge in [0, 0.05) is 10.9 Å². The van der Waals surface area contributed by atoms with E-state index in [0.29, 0.717) is 11.5 Å². The second kappa shape index (κ2) is 5.29. The van der Waals surface area contributed by atoms with E-state index in [1.54, 1.807) is 11.3 Å². The van der Waals surface area contributed by atoms with E-state index in [9.17, 15) is 0 Å². The maximum atomic E-state index is 6.00. The number of halogens is 1. The third-order valence-corrected chi connectivity index (χ3v) is 5.04. The zero-order valence-electron chi connectivity index (χ0n) is 10.9. The summed E-state index contributed by atoms with van der Waals surface area (Å²) in [5.41, 5.74) is 0.534. The predicted octanol–water partition coefficient (Wildman–Crippen LogP) is 4.36. The molecule has 0 saturated heterocycles. The lowest BCUT2D eigenvalue weighted by Gasteiger charge is -2.19. The summed E-state index contributed by atoms with van der Waals surface area (Å²) in [6.45, 7) is 8.10. The van der Waals surface area contributed by atoms with Crippen LogP contribution in [0.3, 0.4) is 0 Å². The molecule has 1 fully saturated rings. The van der Waals surface area contributed by atoms with Crippen LogP contribution in [0.25, 0.3) is 0 Å². The molecule has 2 atom stereocenters. The first kappa shape index (κ1) is 13.4. The van der Waals surface area contributed by atoms with Crippen LogP contribution in [0.5, 0.6) is 0 Å². The number of rotatable bonds is 6. The first-order valence-corrected chi connectivity index (χ1v) is 7.70. The van der Waals surface area contributed by atoms with E-state index < -0.39 is 0 Å². The molecule has 1 aliphatic carbocycles. The monoisotopic (exact) mass is 271 g/mol. The van der Waals surface area contributed by atoms with Crippen molar-refractivity contribution in [1.82, 2.24) is 5.32 Å². The molecule has 2 unspecified atom stereocenters. The fourth-order valence-corrected chi connectivity index (χ4v) is 3.71. The SMILES string of the molecule is CCCNC(Cc1ccc(Cl)s1)C1CC1(C)C. The average Bonchev–Trinajstić information content (AvgIpc) is 2.69. The molecule has 1 aromatic rings. The lowest BCUT2D eigenvalue weighted by Crippen LogP contribution is -2.34. The molecule has 0 radical (unpaired) electrons. The largest absolute Gasteiger partial charge is 0.313 e. The standard InChI is InChI=1S/C14H22ClNS/c1-4-7-16-12(11-9-14(11,2)3)8-10-5-6-13(15)17-10/h5-6,11-12,16H,4,7-9H2,1-3H3. The normalized spacial score (nSPS) is 23.6. The lowest BCUT2D eigenvalue weighted by molar-refractivity contribution is 0.404. The predicted molar refractivity (Wildman–Crippen MR) is 77.0 cm³/mol. The quantitative estimate of drug-likeness (QED) is 0.811. The van der Waals surface area contributed by atoms with E-state index in [-0.39, 0.29) is 0 Å². The second-order valence-electron chi connectivity index (χ2n) is 5.77. The van der Waals surface area contributed by atoms with Crippen LogP contribution in [0.2, 0.25) is 4.34 Å². The molecule has 0 bridgehead atoms. The molecule has 96 valence electrons. The van der Waals surface area contributed by atoms with Gasteiger partial charge in [0.05, 0.1) is 4.34 Å².